The maximum atomic E-state index is 6.30. The summed E-state index contributed by atoms with van der Waals surface area (Å²) in [6.07, 6.45) is 0. The van der Waals surface area contributed by atoms with E-state index < -0.39 is 0 Å². The molecule has 0 saturated heterocycles. The molecule has 0 spiro atoms. The van der Waals surface area contributed by atoms with Crippen LogP contribution in [0.5, 0.6) is 0 Å². The van der Waals surface area contributed by atoms with Gasteiger partial charge in [0.25, 0.3) is 0 Å². The van der Waals surface area contributed by atoms with Gasteiger partial charge in [0, 0.05) is 28.7 Å². The van der Waals surface area contributed by atoms with Crippen molar-refractivity contribution < 1.29 is 0 Å². The normalized spacial score (nSPS) is 7.00. The minimum Gasteiger partial charge on any atom is -0.292 e. The molecule has 0 heterocycles. The van der Waals surface area contributed by atoms with Crippen LogP contribution in [0.1, 0.15) is 42.5 Å². The molecule has 1 nitrogen and oxygen atoms in total. The van der Waals surface area contributed by atoms with Gasteiger partial charge in [0.1, 0.15) is 0 Å². The molecule has 0 aromatic rings. The summed E-state index contributed by atoms with van der Waals surface area (Å²) in [6.45, 7) is 16.2. The first kappa shape index (κ1) is 29.9. The highest BCUT2D eigenvalue weighted by molar-refractivity contribution is 14.2. The highest BCUT2D eigenvalue weighted by Crippen LogP contribution is 2.41. The highest BCUT2D eigenvalue weighted by Gasteiger charge is 1.90. The summed E-state index contributed by atoms with van der Waals surface area (Å²) in [5, 5.41) is 0. The van der Waals surface area contributed by atoms with Crippen LogP contribution in [0.4, 0.5) is 0 Å². The van der Waals surface area contributed by atoms with Crippen LogP contribution < -0.4 is 0 Å². The molecule has 0 aliphatic rings. The van der Waals surface area contributed by atoms with Gasteiger partial charge >= 0.3 is 5.71 Å². The highest BCUT2D eigenvalue weighted by atomic mass is 127. The van der Waals surface area contributed by atoms with Gasteiger partial charge in [-0.1, -0.05) is 42.5 Å². The first-order valence-corrected chi connectivity index (χ1v) is 7.57. The Morgan fingerprint density at radius 2 is 1.18 bits per heavy atom. The Kier molecular flexibility index (Phi) is 125. The third-order valence-electron chi connectivity index (χ3n) is 0.138. The second kappa shape index (κ2) is 45.9. The molecule has 0 aromatic heterocycles. The van der Waals surface area contributed by atoms with E-state index in [1.54, 1.807) is 0 Å². The Bertz CT molecular complexity index is 59.6. The van der Waals surface area contributed by atoms with Gasteiger partial charge < -0.3 is 0 Å². The van der Waals surface area contributed by atoms with Crippen LogP contribution in [0.25, 0.3) is 4.62 Å². The van der Waals surface area contributed by atoms with Gasteiger partial charge in [-0.3, -0.25) is 4.62 Å². The summed E-state index contributed by atoms with van der Waals surface area (Å²) in [7, 11) is 0. The molecule has 72 valence electrons. The smallest absolute Gasteiger partial charge is 0.292 e. The van der Waals surface area contributed by atoms with Crippen molar-refractivity contribution in [2.45, 2.75) is 42.5 Å². The van der Waals surface area contributed by atoms with Crippen LogP contribution in [0.2, 0.25) is 0 Å². The van der Waals surface area contributed by atoms with E-state index in [1.807, 2.05) is 34.4 Å². The lowest BCUT2D eigenvalue weighted by molar-refractivity contribution is 1.50. The molecule has 0 saturated carbocycles. The Morgan fingerprint density at radius 1 is 1.09 bits per heavy atom. The van der Waals surface area contributed by atoms with Gasteiger partial charge in [-0.15, -0.1) is 0 Å². The van der Waals surface area contributed by atoms with E-state index in [-0.39, 0.29) is 20.6 Å². The first-order valence-electron chi connectivity index (χ1n) is 3.04. The lowest BCUT2D eigenvalue weighted by Gasteiger charge is -1.68. The average molecular weight is 291 g/mol. The molecule has 0 bridgehead atoms. The third kappa shape index (κ3) is 113. The molecule has 0 aliphatic heterocycles. The van der Waals surface area contributed by atoms with E-state index in [0.29, 0.717) is 0 Å². The Balaban J connectivity index is -0.0000000178. The van der Waals surface area contributed by atoms with Crippen LogP contribution in [-0.4, -0.2) is 6.66 Å². The van der Waals surface area contributed by atoms with Crippen molar-refractivity contribution in [1.82, 2.24) is 0 Å². The summed E-state index contributed by atoms with van der Waals surface area (Å²) in [6, 6.07) is 0. The second-order valence-corrected chi connectivity index (χ2v) is 5.82. The van der Waals surface area contributed by atoms with Crippen LogP contribution in [0, 0.1) is 6.57 Å². The topological polar surface area (TPSA) is 4.36 Å². The maximum Gasteiger partial charge on any atom is 0.329 e. The van der Waals surface area contributed by atoms with Gasteiger partial charge in [0.05, 0.1) is 0 Å². The van der Waals surface area contributed by atoms with E-state index in [1.165, 1.54) is 0 Å². The van der Waals surface area contributed by atoms with Crippen LogP contribution in [0.15, 0.2) is 0 Å². The van der Waals surface area contributed by atoms with Crippen LogP contribution in [-0.2, 0) is 0 Å². The standard InChI is InChI=1S/C2H3INP.2C2H6.2CH4/c1-4-5(2)3;2*1-2;;/h2H3;2*1-2H3;2*1H4. The molecule has 0 radical (unpaired) electrons. The Morgan fingerprint density at radius 3 is 1.18 bits per heavy atom. The molecule has 0 rings (SSSR count). The Labute approximate surface area is 88.1 Å². The molecule has 0 aliphatic carbocycles. The zero-order chi connectivity index (χ0) is 8.28. The summed E-state index contributed by atoms with van der Waals surface area (Å²) in [5.74, 6) is 0. The van der Waals surface area contributed by atoms with Gasteiger partial charge in [0.2, 0.25) is 0 Å². The molecular weight excluding hydrogens is 268 g/mol. The van der Waals surface area contributed by atoms with Crippen molar-refractivity contribution in [2.75, 3.05) is 6.66 Å². The fourth-order valence-electron chi connectivity index (χ4n) is 0. The number of halogens is 1. The molecule has 3 heteroatoms. The van der Waals surface area contributed by atoms with Crippen molar-refractivity contribution in [1.29, 1.82) is 0 Å². The van der Waals surface area contributed by atoms with E-state index in [4.69, 9.17) is 6.57 Å². The molecule has 1 unspecified atom stereocenters. The molecule has 0 N–H and O–H groups in total. The molecule has 0 amide bonds. The van der Waals surface area contributed by atoms with Gasteiger partial charge in [-0.25, -0.2) is 6.57 Å². The van der Waals surface area contributed by atoms with Crippen LogP contribution >= 0.6 is 27.8 Å². The fraction of sp³-hybridized carbons (Fsp3) is 0.875. The third-order valence-corrected chi connectivity index (χ3v) is 1.06. The Hall–Kier alpha value is 0.650. The molecule has 0 aromatic carbocycles. The predicted molar refractivity (Wildman–Crippen MR) is 69.6 cm³/mol. The van der Waals surface area contributed by atoms with E-state index in [0.717, 1.165) is 0 Å². The van der Waals surface area contributed by atoms with Crippen molar-refractivity contribution in [3.8, 4) is 0 Å². The van der Waals surface area contributed by atoms with Crippen molar-refractivity contribution in [2.24, 2.45) is 0 Å². The summed E-state index contributed by atoms with van der Waals surface area (Å²) >= 11 is 2.12. The van der Waals surface area contributed by atoms with Crippen molar-refractivity contribution in [3.05, 3.63) is 11.2 Å². The number of nitrogens with zero attached hydrogens (tertiary/aromatic N) is 1. The van der Waals surface area contributed by atoms with Gasteiger partial charge in [-0.2, -0.15) is 0 Å². The van der Waals surface area contributed by atoms with Gasteiger partial charge in [-0.05, 0) is 0 Å². The monoisotopic (exact) mass is 291 g/mol. The van der Waals surface area contributed by atoms with E-state index in [9.17, 15) is 0 Å². The lowest BCUT2D eigenvalue weighted by Crippen LogP contribution is -1.28. The summed E-state index contributed by atoms with van der Waals surface area (Å²) < 4.78 is 3.19. The number of hydrogen-bond acceptors (Lipinski definition) is 0. The van der Waals surface area contributed by atoms with Crippen LogP contribution in [0.3, 0.4) is 0 Å². The average Bonchev–Trinajstić information content (AvgIpc) is 1.97. The SMILES string of the molecule is C.C.CC.CC.[C-]#[N+]P(C)I. The number of hydrogen-bond donors (Lipinski definition) is 0. The number of rotatable bonds is 0. The largest absolute Gasteiger partial charge is 0.329 e. The maximum absolute atomic E-state index is 6.30. The molecule has 11 heavy (non-hydrogen) atoms. The van der Waals surface area contributed by atoms with Crippen molar-refractivity contribution in [3.63, 3.8) is 0 Å². The summed E-state index contributed by atoms with van der Waals surface area (Å²) in [4.78, 5) is 0. The lowest BCUT2D eigenvalue weighted by atomic mass is 11.0. The predicted octanol–water partition coefficient (Wildman–Crippen LogP) is 5.61. The minimum absolute atomic E-state index is 0. The summed E-state index contributed by atoms with van der Waals surface area (Å²) in [5.41, 5.74) is -0.337. The molecule has 0 fully saturated rings. The molecule has 1 atom stereocenters. The quantitative estimate of drug-likeness (QED) is 0.310. The van der Waals surface area contributed by atoms with Crippen molar-refractivity contribution >= 4 is 27.8 Å². The minimum atomic E-state index is -0.337. The van der Waals surface area contributed by atoms with E-state index in [2.05, 4.69) is 26.7 Å². The zero-order valence-corrected chi connectivity index (χ0v) is 9.82. The van der Waals surface area contributed by atoms with E-state index >= 15 is 0 Å². The van der Waals surface area contributed by atoms with Gasteiger partial charge in [0.15, 0.2) is 0 Å². The first-order chi connectivity index (χ1) is 4.27. The molecular formula is C8H23INP. The second-order valence-electron chi connectivity index (χ2n) is 0.545. The fourth-order valence-corrected chi connectivity index (χ4v) is 0. The zero-order valence-electron chi connectivity index (χ0n) is 6.77.